The van der Waals surface area contributed by atoms with E-state index in [-0.39, 0.29) is 11.9 Å². The molecule has 4 rings (SSSR count). The lowest BCUT2D eigenvalue weighted by Gasteiger charge is -2.48. The van der Waals surface area contributed by atoms with Gasteiger partial charge in [-0.1, -0.05) is 24.3 Å². The maximum Gasteiger partial charge on any atom is 0.308 e. The molecular weight excluding hydrogens is 468 g/mol. The van der Waals surface area contributed by atoms with E-state index >= 15 is 0 Å². The van der Waals surface area contributed by atoms with Gasteiger partial charge < -0.3 is 14.4 Å². The zero-order chi connectivity index (χ0) is 25.8. The van der Waals surface area contributed by atoms with Gasteiger partial charge in [-0.15, -0.1) is 0 Å². The van der Waals surface area contributed by atoms with Gasteiger partial charge in [0.1, 0.15) is 23.5 Å². The van der Waals surface area contributed by atoms with Gasteiger partial charge in [-0.05, 0) is 72.5 Å². The Kier molecular flexibility index (Phi) is 7.43. The van der Waals surface area contributed by atoms with Crippen molar-refractivity contribution in [2.24, 2.45) is 5.92 Å². The van der Waals surface area contributed by atoms with Crippen molar-refractivity contribution >= 4 is 23.5 Å². The quantitative estimate of drug-likeness (QED) is 0.229. The van der Waals surface area contributed by atoms with Crippen LogP contribution in [0.2, 0.25) is 0 Å². The molecule has 3 aromatic rings. The number of carbonyl (C=O) groups excluding carboxylic acids is 3. The molecule has 1 saturated heterocycles. The summed E-state index contributed by atoms with van der Waals surface area (Å²) < 4.78 is 37.5. The molecule has 3 atom stereocenters. The first-order valence-electron chi connectivity index (χ1n) is 11.5. The Morgan fingerprint density at radius 1 is 0.861 bits per heavy atom. The van der Waals surface area contributed by atoms with Crippen LogP contribution in [0, 0.1) is 17.6 Å². The standard InChI is InChI=1S/C28H25F2NO5/c1-17(32)35-24-13-5-20(6-14-24)27-25(28(34)31(27)23-11-9-22(30)10-12-23)15-16-26(36-18(2)33)19-3-7-21(29)8-4-19/h3-14,25-27H,15-16H2,1-2H3/t25-,26-,27-/m1/s1. The maximum absolute atomic E-state index is 13.5. The monoisotopic (exact) mass is 493 g/mol. The second-order valence-corrected chi connectivity index (χ2v) is 8.63. The number of hydrogen-bond donors (Lipinski definition) is 0. The van der Waals surface area contributed by atoms with Gasteiger partial charge in [-0.2, -0.15) is 0 Å². The molecule has 186 valence electrons. The Morgan fingerprint density at radius 3 is 2.00 bits per heavy atom. The number of nitrogens with zero attached hydrogens (tertiary/aromatic N) is 1. The van der Waals surface area contributed by atoms with Crippen LogP contribution >= 0.6 is 0 Å². The Morgan fingerprint density at radius 2 is 1.44 bits per heavy atom. The molecule has 1 amide bonds. The first-order valence-corrected chi connectivity index (χ1v) is 11.5. The number of halogens is 2. The topological polar surface area (TPSA) is 72.9 Å². The smallest absolute Gasteiger partial charge is 0.308 e. The van der Waals surface area contributed by atoms with E-state index in [2.05, 4.69) is 0 Å². The van der Waals surface area contributed by atoms with Gasteiger partial charge in [0.2, 0.25) is 5.91 Å². The molecule has 0 saturated carbocycles. The van der Waals surface area contributed by atoms with E-state index in [1.807, 2.05) is 0 Å². The SMILES string of the molecule is CC(=O)Oc1ccc([C@@H]2[C@@H](CC[C@@H](OC(C)=O)c3ccc(F)cc3)C(=O)N2c2ccc(F)cc2)cc1. The minimum Gasteiger partial charge on any atom is -0.458 e. The molecule has 3 aromatic carbocycles. The molecule has 0 bridgehead atoms. The molecule has 1 aliphatic rings. The average molecular weight is 494 g/mol. The van der Waals surface area contributed by atoms with Crippen LogP contribution in [-0.2, 0) is 19.1 Å². The third kappa shape index (κ3) is 5.59. The number of β-lactam (4-membered cyclic amide) rings is 1. The van der Waals surface area contributed by atoms with Crippen LogP contribution in [0.4, 0.5) is 14.5 Å². The fourth-order valence-electron chi connectivity index (χ4n) is 4.50. The molecule has 6 nitrogen and oxygen atoms in total. The van der Waals surface area contributed by atoms with Crippen molar-refractivity contribution in [1.82, 2.24) is 0 Å². The molecule has 0 spiro atoms. The van der Waals surface area contributed by atoms with Gasteiger partial charge in [0, 0.05) is 19.5 Å². The molecule has 0 aliphatic carbocycles. The van der Waals surface area contributed by atoms with Crippen LogP contribution in [0.5, 0.6) is 5.75 Å². The zero-order valence-corrected chi connectivity index (χ0v) is 19.8. The van der Waals surface area contributed by atoms with E-state index < -0.39 is 35.6 Å². The minimum absolute atomic E-state index is 0.142. The number of esters is 2. The number of amides is 1. The van der Waals surface area contributed by atoms with Gasteiger partial charge in [-0.25, -0.2) is 8.78 Å². The lowest BCUT2D eigenvalue weighted by molar-refractivity contribution is -0.147. The summed E-state index contributed by atoms with van der Waals surface area (Å²) in [5.41, 5.74) is 2.00. The summed E-state index contributed by atoms with van der Waals surface area (Å²) in [6.45, 7) is 2.61. The van der Waals surface area contributed by atoms with Crippen molar-refractivity contribution < 1.29 is 32.6 Å². The second kappa shape index (κ2) is 10.7. The molecule has 1 heterocycles. The first kappa shape index (κ1) is 25.0. The van der Waals surface area contributed by atoms with Crippen LogP contribution in [0.3, 0.4) is 0 Å². The summed E-state index contributed by atoms with van der Waals surface area (Å²) in [5, 5.41) is 0. The molecule has 1 aliphatic heterocycles. The number of rotatable bonds is 8. The Balaban J connectivity index is 1.59. The summed E-state index contributed by atoms with van der Waals surface area (Å²) in [6, 6.07) is 17.9. The Labute approximate surface area is 207 Å². The molecule has 1 fully saturated rings. The molecule has 36 heavy (non-hydrogen) atoms. The number of hydrogen-bond acceptors (Lipinski definition) is 5. The third-order valence-electron chi connectivity index (χ3n) is 6.09. The molecular formula is C28H25F2NO5. The van der Waals surface area contributed by atoms with Crippen LogP contribution in [0.15, 0.2) is 72.8 Å². The number of benzene rings is 3. The summed E-state index contributed by atoms with van der Waals surface area (Å²) in [6.07, 6.45) is 0.103. The molecule has 0 radical (unpaired) electrons. The summed E-state index contributed by atoms with van der Waals surface area (Å²) in [4.78, 5) is 37.8. The van der Waals surface area contributed by atoms with E-state index in [1.165, 1.54) is 38.1 Å². The number of anilines is 1. The lowest BCUT2D eigenvalue weighted by atomic mass is 9.78. The van der Waals surface area contributed by atoms with Crippen molar-refractivity contribution in [1.29, 1.82) is 0 Å². The van der Waals surface area contributed by atoms with Crippen molar-refractivity contribution in [3.8, 4) is 5.75 Å². The van der Waals surface area contributed by atoms with E-state index in [0.717, 1.165) is 5.56 Å². The van der Waals surface area contributed by atoms with Crippen LogP contribution in [-0.4, -0.2) is 17.8 Å². The fraction of sp³-hybridized carbons (Fsp3) is 0.250. The summed E-state index contributed by atoms with van der Waals surface area (Å²) in [7, 11) is 0. The van der Waals surface area contributed by atoms with Crippen molar-refractivity contribution in [2.75, 3.05) is 4.90 Å². The van der Waals surface area contributed by atoms with E-state index in [0.29, 0.717) is 29.8 Å². The van der Waals surface area contributed by atoms with Crippen molar-refractivity contribution in [3.05, 3.63) is 95.6 Å². The van der Waals surface area contributed by atoms with E-state index in [1.54, 1.807) is 53.4 Å². The molecule has 0 aromatic heterocycles. The highest BCUT2D eigenvalue weighted by molar-refractivity contribution is 6.03. The Hall–Kier alpha value is -4.07. The highest BCUT2D eigenvalue weighted by Crippen LogP contribution is 2.46. The van der Waals surface area contributed by atoms with Crippen molar-refractivity contribution in [3.63, 3.8) is 0 Å². The van der Waals surface area contributed by atoms with E-state index in [4.69, 9.17) is 9.47 Å². The van der Waals surface area contributed by atoms with Crippen LogP contribution in [0.25, 0.3) is 0 Å². The fourth-order valence-corrected chi connectivity index (χ4v) is 4.50. The predicted molar refractivity (Wildman–Crippen MR) is 128 cm³/mol. The molecule has 0 unspecified atom stereocenters. The summed E-state index contributed by atoms with van der Waals surface area (Å²) >= 11 is 0. The predicted octanol–water partition coefficient (Wildman–Crippen LogP) is 5.68. The van der Waals surface area contributed by atoms with Crippen LogP contribution < -0.4 is 9.64 Å². The van der Waals surface area contributed by atoms with Gasteiger partial charge in [-0.3, -0.25) is 14.4 Å². The third-order valence-corrected chi connectivity index (χ3v) is 6.09. The maximum atomic E-state index is 13.5. The zero-order valence-electron chi connectivity index (χ0n) is 19.8. The minimum atomic E-state index is -0.636. The largest absolute Gasteiger partial charge is 0.458 e. The lowest BCUT2D eigenvalue weighted by Crippen LogP contribution is -2.55. The first-order chi connectivity index (χ1) is 17.2. The van der Waals surface area contributed by atoms with Gasteiger partial charge in [0.15, 0.2) is 0 Å². The average Bonchev–Trinajstić information content (AvgIpc) is 2.83. The van der Waals surface area contributed by atoms with Gasteiger partial charge in [0.25, 0.3) is 0 Å². The second-order valence-electron chi connectivity index (χ2n) is 8.63. The highest BCUT2D eigenvalue weighted by Gasteiger charge is 2.48. The van der Waals surface area contributed by atoms with Crippen molar-refractivity contribution in [2.45, 2.75) is 38.8 Å². The number of ether oxygens (including phenoxy) is 2. The van der Waals surface area contributed by atoms with Gasteiger partial charge in [0.05, 0.1) is 12.0 Å². The van der Waals surface area contributed by atoms with E-state index in [9.17, 15) is 23.2 Å². The molecule has 8 heteroatoms. The Bertz CT molecular complexity index is 1240. The summed E-state index contributed by atoms with van der Waals surface area (Å²) in [5.74, 6) is -1.92. The van der Waals surface area contributed by atoms with Crippen LogP contribution in [0.1, 0.15) is 50.0 Å². The normalized spacial score (nSPS) is 17.8. The molecule has 0 N–H and O–H groups in total. The van der Waals surface area contributed by atoms with Gasteiger partial charge >= 0.3 is 11.9 Å². The highest BCUT2D eigenvalue weighted by atomic mass is 19.1. The number of carbonyl (C=O) groups is 3.